The van der Waals surface area contributed by atoms with Gasteiger partial charge in [-0.25, -0.2) is 0 Å². The Bertz CT molecular complexity index is 1200. The van der Waals surface area contributed by atoms with Gasteiger partial charge in [-0.3, -0.25) is 14.4 Å². The Labute approximate surface area is 219 Å². The molecule has 37 heavy (non-hydrogen) atoms. The molecule has 1 aliphatic rings. The van der Waals surface area contributed by atoms with Crippen molar-refractivity contribution in [3.05, 3.63) is 71.9 Å². The predicted octanol–water partition coefficient (Wildman–Crippen LogP) is 4.47. The van der Waals surface area contributed by atoms with E-state index >= 15 is 0 Å². The molecule has 1 fully saturated rings. The molecule has 1 atom stereocenters. The zero-order chi connectivity index (χ0) is 26.0. The van der Waals surface area contributed by atoms with Crippen molar-refractivity contribution in [2.75, 3.05) is 26.2 Å². The van der Waals surface area contributed by atoms with Crippen molar-refractivity contribution in [2.45, 2.75) is 58.0 Å². The van der Waals surface area contributed by atoms with Gasteiger partial charge in [-0.15, -0.1) is 0 Å². The number of Topliss-reactive ketones (excluding diaryl/α,β-unsaturated/α-hetero) is 1. The van der Waals surface area contributed by atoms with E-state index in [0.717, 1.165) is 42.3 Å². The number of amides is 2. The lowest BCUT2D eigenvalue weighted by atomic mass is 10.0. The highest BCUT2D eigenvalue weighted by molar-refractivity contribution is 6.08. The minimum absolute atomic E-state index is 0.0153. The van der Waals surface area contributed by atoms with Gasteiger partial charge in [0.25, 0.3) is 0 Å². The van der Waals surface area contributed by atoms with Crippen LogP contribution in [0.15, 0.2) is 60.8 Å². The second-order valence-corrected chi connectivity index (χ2v) is 9.77. The van der Waals surface area contributed by atoms with Crippen molar-refractivity contribution in [1.29, 1.82) is 0 Å². The molecule has 0 spiro atoms. The molecule has 0 saturated carbocycles. The molecule has 2 heterocycles. The molecular formula is C30H38N4O3. The van der Waals surface area contributed by atoms with Crippen molar-refractivity contribution in [2.24, 2.45) is 0 Å². The Morgan fingerprint density at radius 2 is 1.70 bits per heavy atom. The molecule has 0 radical (unpaired) electrons. The van der Waals surface area contributed by atoms with Crippen LogP contribution in [-0.4, -0.2) is 53.2 Å². The number of nitrogens with zero attached hydrogens (tertiary/aromatic N) is 2. The van der Waals surface area contributed by atoms with Gasteiger partial charge in [0.2, 0.25) is 11.8 Å². The van der Waals surface area contributed by atoms with E-state index in [1.54, 1.807) is 0 Å². The molecule has 2 N–H and O–H groups in total. The van der Waals surface area contributed by atoms with E-state index in [9.17, 15) is 14.4 Å². The molecule has 0 aliphatic carbocycles. The normalized spacial score (nSPS) is 17.9. The van der Waals surface area contributed by atoms with Crippen LogP contribution in [0.2, 0.25) is 0 Å². The molecule has 3 aromatic rings. The lowest BCUT2D eigenvalue weighted by Gasteiger charge is -2.23. The zero-order valence-electron chi connectivity index (χ0n) is 21.7. The quantitative estimate of drug-likeness (QED) is 0.487. The number of carbonyl (C=O) groups is 3. The molecule has 1 aliphatic heterocycles. The number of para-hydroxylation sites is 1. The molecule has 196 valence electrons. The highest BCUT2D eigenvalue weighted by atomic mass is 16.2. The highest BCUT2D eigenvalue weighted by Crippen LogP contribution is 2.23. The molecule has 7 heteroatoms. The summed E-state index contributed by atoms with van der Waals surface area (Å²) in [6.07, 6.45) is 6.03. The summed E-state index contributed by atoms with van der Waals surface area (Å²) in [5.74, 6) is 0.164. The largest absolute Gasteiger partial charge is 0.356 e. The maximum Gasteiger partial charge on any atom is 0.242 e. The average molecular weight is 503 g/mol. The first kappa shape index (κ1) is 26.6. The summed E-state index contributed by atoms with van der Waals surface area (Å²) in [5.41, 5.74) is 2.71. The molecule has 7 nitrogen and oxygen atoms in total. The van der Waals surface area contributed by atoms with Crippen molar-refractivity contribution in [1.82, 2.24) is 20.1 Å². The third-order valence-electron chi connectivity index (χ3n) is 6.99. The smallest absolute Gasteiger partial charge is 0.242 e. The van der Waals surface area contributed by atoms with E-state index in [2.05, 4.69) is 22.8 Å². The lowest BCUT2D eigenvalue weighted by molar-refractivity contribution is -0.131. The molecule has 1 unspecified atom stereocenters. The number of fused-ring (bicyclic) bond motifs is 1. The van der Waals surface area contributed by atoms with Gasteiger partial charge in [0, 0.05) is 61.2 Å². The summed E-state index contributed by atoms with van der Waals surface area (Å²) in [6, 6.07) is 17.8. The fourth-order valence-electron chi connectivity index (χ4n) is 5.02. The fourth-order valence-corrected chi connectivity index (χ4v) is 5.02. The minimum atomic E-state index is -0.0219. The van der Waals surface area contributed by atoms with Crippen LogP contribution in [0.1, 0.15) is 67.4 Å². The van der Waals surface area contributed by atoms with Crippen molar-refractivity contribution < 1.29 is 14.4 Å². The van der Waals surface area contributed by atoms with Crippen LogP contribution in [0.3, 0.4) is 0 Å². The first-order valence-electron chi connectivity index (χ1n) is 13.5. The Morgan fingerprint density at radius 3 is 2.51 bits per heavy atom. The number of hydrogen-bond donors (Lipinski definition) is 2. The summed E-state index contributed by atoms with van der Waals surface area (Å²) in [5, 5.41) is 7.46. The molecule has 1 aromatic heterocycles. The molecule has 4 rings (SSSR count). The van der Waals surface area contributed by atoms with Crippen molar-refractivity contribution in [3.63, 3.8) is 0 Å². The minimum Gasteiger partial charge on any atom is -0.356 e. The topological polar surface area (TPSA) is 83.4 Å². The molecule has 2 amide bonds. The molecule has 0 bridgehead atoms. The highest BCUT2D eigenvalue weighted by Gasteiger charge is 2.20. The van der Waals surface area contributed by atoms with Crippen LogP contribution < -0.4 is 10.6 Å². The monoisotopic (exact) mass is 502 g/mol. The second-order valence-electron chi connectivity index (χ2n) is 9.77. The Morgan fingerprint density at radius 1 is 0.946 bits per heavy atom. The van der Waals surface area contributed by atoms with Crippen LogP contribution in [0.5, 0.6) is 0 Å². The van der Waals surface area contributed by atoms with Gasteiger partial charge in [0.15, 0.2) is 5.78 Å². The molecule has 2 aromatic carbocycles. The number of aromatic nitrogens is 1. The second kappa shape index (κ2) is 13.2. The molecular weight excluding hydrogens is 464 g/mol. The summed E-state index contributed by atoms with van der Waals surface area (Å²) < 4.78 is 1.91. The number of benzene rings is 2. The first-order chi connectivity index (χ1) is 18.1. The van der Waals surface area contributed by atoms with E-state index in [0.29, 0.717) is 44.5 Å². The van der Waals surface area contributed by atoms with Crippen molar-refractivity contribution >= 4 is 28.5 Å². The Kier molecular flexibility index (Phi) is 9.49. The van der Waals surface area contributed by atoms with Gasteiger partial charge in [-0.2, -0.15) is 0 Å². The number of hydrogen-bond acceptors (Lipinski definition) is 4. The van der Waals surface area contributed by atoms with Crippen LogP contribution in [0, 0.1) is 0 Å². The third kappa shape index (κ3) is 7.07. The van der Waals surface area contributed by atoms with Gasteiger partial charge in [0.05, 0.1) is 0 Å². The summed E-state index contributed by atoms with van der Waals surface area (Å²) in [6.45, 7) is 4.77. The van der Waals surface area contributed by atoms with E-state index in [1.807, 2.05) is 65.1 Å². The summed E-state index contributed by atoms with van der Waals surface area (Å²) in [4.78, 5) is 40.6. The van der Waals surface area contributed by atoms with Crippen LogP contribution >= 0.6 is 0 Å². The summed E-state index contributed by atoms with van der Waals surface area (Å²) >= 11 is 0. The zero-order valence-corrected chi connectivity index (χ0v) is 21.7. The van der Waals surface area contributed by atoms with Crippen molar-refractivity contribution in [3.8, 4) is 0 Å². The van der Waals surface area contributed by atoms with E-state index < -0.39 is 0 Å². The number of rotatable bonds is 6. The van der Waals surface area contributed by atoms with Crippen LogP contribution in [-0.2, 0) is 16.1 Å². The van der Waals surface area contributed by atoms with Gasteiger partial charge >= 0.3 is 0 Å². The number of ketones is 1. The summed E-state index contributed by atoms with van der Waals surface area (Å²) in [7, 11) is 0. The Balaban J connectivity index is 1.43. The lowest BCUT2D eigenvalue weighted by Crippen LogP contribution is -2.37. The standard InChI is InChI=1S/C30H38N4O3/c1-2-11-28(35)25-21-34(27-15-7-6-14-24(25)27)22-30(37)33-18-9-8-16-31-26(23-12-4-3-5-13-23)20-29(36)32-17-10-19-33/h3-7,12-15,21,26,31H,2,8-11,16-20,22H2,1H3,(H,32,36). The average Bonchev–Trinajstić information content (AvgIpc) is 3.28. The van der Waals surface area contributed by atoms with Gasteiger partial charge in [0.1, 0.15) is 6.54 Å². The maximum absolute atomic E-state index is 13.4. The van der Waals surface area contributed by atoms with E-state index in [1.165, 1.54) is 0 Å². The molecule has 1 saturated heterocycles. The predicted molar refractivity (Wildman–Crippen MR) is 146 cm³/mol. The van der Waals surface area contributed by atoms with E-state index in [4.69, 9.17) is 0 Å². The Hall–Kier alpha value is -3.45. The first-order valence-corrected chi connectivity index (χ1v) is 13.5. The third-order valence-corrected chi connectivity index (χ3v) is 6.99. The number of carbonyl (C=O) groups excluding carboxylic acids is 3. The van der Waals surface area contributed by atoms with E-state index in [-0.39, 0.29) is 30.2 Å². The SMILES string of the molecule is CCCC(=O)c1cn(CC(=O)N2CCCCNC(c3ccccc3)CC(=O)NCCC2)c2ccccc12. The van der Waals surface area contributed by atoms with Gasteiger partial charge in [-0.1, -0.05) is 55.5 Å². The van der Waals surface area contributed by atoms with Gasteiger partial charge in [-0.05, 0) is 43.9 Å². The maximum atomic E-state index is 13.4. The van der Waals surface area contributed by atoms with Gasteiger partial charge < -0.3 is 20.1 Å². The fraction of sp³-hybridized carbons (Fsp3) is 0.433. The van der Waals surface area contributed by atoms with Crippen LogP contribution in [0.25, 0.3) is 10.9 Å². The van der Waals surface area contributed by atoms with Crippen LogP contribution in [0.4, 0.5) is 0 Å². The number of nitrogens with one attached hydrogen (secondary N) is 2.